The first-order chi connectivity index (χ1) is 14.1. The van der Waals surface area contributed by atoms with E-state index in [9.17, 15) is 0 Å². The average molecular weight is 460 g/mol. The number of hydrogen-bond acceptors (Lipinski definition) is 5. The minimum atomic E-state index is 0.267. The maximum Gasteiger partial charge on any atom is 0.180 e. The number of ether oxygens (including phenoxy) is 3. The van der Waals surface area contributed by atoms with Gasteiger partial charge >= 0.3 is 0 Å². The number of nitrogens with one attached hydrogen (secondary N) is 1. The highest BCUT2D eigenvalue weighted by Crippen LogP contribution is 2.37. The molecule has 1 saturated heterocycles. The summed E-state index contributed by atoms with van der Waals surface area (Å²) in [5.41, 5.74) is 1.86. The predicted octanol–water partition coefficient (Wildman–Crippen LogP) is 4.66. The second-order valence-corrected chi connectivity index (χ2v) is 8.02. The highest BCUT2D eigenvalue weighted by atomic mass is 35.5. The zero-order valence-electron chi connectivity index (χ0n) is 16.3. The summed E-state index contributed by atoms with van der Waals surface area (Å²) >= 11 is 18.6. The quantitative estimate of drug-likeness (QED) is 0.553. The van der Waals surface area contributed by atoms with Gasteiger partial charge in [0.15, 0.2) is 11.5 Å². The molecule has 1 aliphatic heterocycles. The Hall–Kier alpha value is -1.21. The fourth-order valence-electron chi connectivity index (χ4n) is 3.10. The van der Waals surface area contributed by atoms with Gasteiger partial charge in [0.1, 0.15) is 6.61 Å². The van der Waals surface area contributed by atoms with Gasteiger partial charge in [-0.25, -0.2) is 0 Å². The summed E-state index contributed by atoms with van der Waals surface area (Å²) in [5.74, 6) is 1.09. The van der Waals surface area contributed by atoms with E-state index in [1.807, 2.05) is 18.2 Å². The molecule has 0 radical (unpaired) electrons. The van der Waals surface area contributed by atoms with Crippen LogP contribution in [0.5, 0.6) is 11.5 Å². The van der Waals surface area contributed by atoms with Crippen LogP contribution >= 0.6 is 34.8 Å². The van der Waals surface area contributed by atoms with E-state index >= 15 is 0 Å². The largest absolute Gasteiger partial charge is 0.493 e. The maximum absolute atomic E-state index is 6.47. The van der Waals surface area contributed by atoms with Crippen LogP contribution in [0.15, 0.2) is 30.3 Å². The molecule has 3 rings (SSSR count). The molecular formula is C21H25Cl3N2O3. The molecule has 5 nitrogen and oxygen atoms in total. The molecule has 0 amide bonds. The van der Waals surface area contributed by atoms with E-state index in [2.05, 4.69) is 10.2 Å². The number of morpholine rings is 1. The Morgan fingerprint density at radius 2 is 1.86 bits per heavy atom. The van der Waals surface area contributed by atoms with Gasteiger partial charge in [0.2, 0.25) is 0 Å². The minimum Gasteiger partial charge on any atom is -0.493 e. The van der Waals surface area contributed by atoms with Crippen LogP contribution in [0.3, 0.4) is 0 Å². The van der Waals surface area contributed by atoms with E-state index in [1.54, 1.807) is 19.2 Å². The number of rotatable bonds is 9. The first-order valence-corrected chi connectivity index (χ1v) is 10.6. The van der Waals surface area contributed by atoms with E-state index in [0.717, 1.165) is 50.5 Å². The topological polar surface area (TPSA) is 43.0 Å². The molecule has 0 aromatic heterocycles. The molecule has 0 saturated carbocycles. The highest BCUT2D eigenvalue weighted by Gasteiger charge is 2.14. The molecule has 0 atom stereocenters. The van der Waals surface area contributed by atoms with E-state index in [4.69, 9.17) is 49.0 Å². The third kappa shape index (κ3) is 6.64. The van der Waals surface area contributed by atoms with Gasteiger partial charge in [-0.1, -0.05) is 40.9 Å². The summed E-state index contributed by atoms with van der Waals surface area (Å²) in [7, 11) is 1.60. The second kappa shape index (κ2) is 11.3. The van der Waals surface area contributed by atoms with Crippen molar-refractivity contribution in [1.82, 2.24) is 10.2 Å². The molecule has 0 aliphatic carbocycles. The lowest BCUT2D eigenvalue weighted by Crippen LogP contribution is -2.40. The first kappa shape index (κ1) is 22.5. The van der Waals surface area contributed by atoms with E-state index < -0.39 is 0 Å². The Kier molecular flexibility index (Phi) is 8.72. The lowest BCUT2D eigenvalue weighted by Gasteiger charge is -2.26. The van der Waals surface area contributed by atoms with Gasteiger partial charge in [-0.05, 0) is 29.8 Å². The van der Waals surface area contributed by atoms with E-state index in [1.165, 1.54) is 0 Å². The van der Waals surface area contributed by atoms with Crippen molar-refractivity contribution >= 4 is 34.8 Å². The fraction of sp³-hybridized carbons (Fsp3) is 0.429. The van der Waals surface area contributed by atoms with E-state index in [-0.39, 0.29) is 6.61 Å². The second-order valence-electron chi connectivity index (χ2n) is 6.76. The Bertz CT molecular complexity index is 814. The van der Waals surface area contributed by atoms with Gasteiger partial charge in [0, 0.05) is 48.3 Å². The molecule has 8 heteroatoms. The number of benzene rings is 2. The SMILES string of the molecule is COc1cc(CNCCN2CCOCC2)cc(Cl)c1OCc1ccc(Cl)cc1Cl. The highest BCUT2D eigenvalue weighted by molar-refractivity contribution is 6.35. The van der Waals surface area contributed by atoms with Crippen molar-refractivity contribution in [2.24, 2.45) is 0 Å². The summed E-state index contributed by atoms with van der Waals surface area (Å²) in [4.78, 5) is 2.39. The van der Waals surface area contributed by atoms with Crippen LogP contribution < -0.4 is 14.8 Å². The van der Waals surface area contributed by atoms with Gasteiger partial charge in [-0.15, -0.1) is 0 Å². The Morgan fingerprint density at radius 1 is 1.07 bits per heavy atom. The molecule has 0 spiro atoms. The van der Waals surface area contributed by atoms with Gasteiger partial charge in [0.05, 0.1) is 25.3 Å². The van der Waals surface area contributed by atoms with Gasteiger partial charge in [-0.2, -0.15) is 0 Å². The summed E-state index contributed by atoms with van der Waals surface area (Å²) < 4.78 is 16.8. The van der Waals surface area contributed by atoms with Gasteiger partial charge < -0.3 is 19.5 Å². The maximum atomic E-state index is 6.47. The third-order valence-corrected chi connectivity index (χ3v) is 5.58. The van der Waals surface area contributed by atoms with Crippen molar-refractivity contribution in [2.45, 2.75) is 13.2 Å². The zero-order valence-corrected chi connectivity index (χ0v) is 18.6. The first-order valence-electron chi connectivity index (χ1n) is 9.51. The normalized spacial score (nSPS) is 14.8. The summed E-state index contributed by atoms with van der Waals surface area (Å²) in [6.07, 6.45) is 0. The summed E-state index contributed by atoms with van der Waals surface area (Å²) in [6, 6.07) is 9.12. The number of halogens is 3. The molecule has 2 aromatic carbocycles. The molecular weight excluding hydrogens is 435 g/mol. The van der Waals surface area contributed by atoms with Crippen molar-refractivity contribution in [3.05, 3.63) is 56.5 Å². The van der Waals surface area contributed by atoms with Gasteiger partial charge in [0.25, 0.3) is 0 Å². The molecule has 2 aromatic rings. The monoisotopic (exact) mass is 458 g/mol. The van der Waals surface area contributed by atoms with Crippen molar-refractivity contribution < 1.29 is 14.2 Å². The third-order valence-electron chi connectivity index (χ3n) is 4.71. The fourth-order valence-corrected chi connectivity index (χ4v) is 3.85. The smallest absolute Gasteiger partial charge is 0.180 e. The standard InChI is InChI=1S/C21H25Cl3N2O3/c1-27-20-11-15(13-25-4-5-26-6-8-28-9-7-26)10-19(24)21(20)29-14-16-2-3-17(22)12-18(16)23/h2-3,10-12,25H,4-9,13-14H2,1H3. The minimum absolute atomic E-state index is 0.267. The average Bonchev–Trinajstić information content (AvgIpc) is 2.72. The molecule has 29 heavy (non-hydrogen) atoms. The molecule has 1 heterocycles. The predicted molar refractivity (Wildman–Crippen MR) is 118 cm³/mol. The lowest BCUT2D eigenvalue weighted by molar-refractivity contribution is 0.0384. The van der Waals surface area contributed by atoms with Crippen LogP contribution in [0.1, 0.15) is 11.1 Å². The van der Waals surface area contributed by atoms with Crippen LogP contribution in [0.25, 0.3) is 0 Å². The van der Waals surface area contributed by atoms with Crippen LogP contribution in [-0.4, -0.2) is 51.4 Å². The van der Waals surface area contributed by atoms with E-state index in [0.29, 0.717) is 33.1 Å². The summed E-state index contributed by atoms with van der Waals surface area (Å²) in [6.45, 7) is 6.47. The van der Waals surface area contributed by atoms with Gasteiger partial charge in [-0.3, -0.25) is 4.90 Å². The molecule has 1 aliphatic rings. The Labute approximate surface area is 186 Å². The number of methoxy groups -OCH3 is 1. The van der Waals surface area contributed by atoms with Crippen molar-refractivity contribution in [3.8, 4) is 11.5 Å². The van der Waals surface area contributed by atoms with Crippen molar-refractivity contribution in [3.63, 3.8) is 0 Å². The molecule has 158 valence electrons. The summed E-state index contributed by atoms with van der Waals surface area (Å²) in [5, 5.41) is 5.08. The van der Waals surface area contributed by atoms with Crippen molar-refractivity contribution in [2.75, 3.05) is 46.5 Å². The van der Waals surface area contributed by atoms with Crippen molar-refractivity contribution in [1.29, 1.82) is 0 Å². The van der Waals surface area contributed by atoms with Crippen LogP contribution in [0.4, 0.5) is 0 Å². The molecule has 0 bridgehead atoms. The molecule has 1 fully saturated rings. The lowest BCUT2D eigenvalue weighted by atomic mass is 10.2. The Morgan fingerprint density at radius 3 is 2.59 bits per heavy atom. The molecule has 1 N–H and O–H groups in total. The number of hydrogen-bond donors (Lipinski definition) is 1. The molecule has 0 unspecified atom stereocenters. The number of nitrogens with zero attached hydrogens (tertiary/aromatic N) is 1. The Balaban J connectivity index is 1.56. The van der Waals surface area contributed by atoms with Crippen LogP contribution in [-0.2, 0) is 17.9 Å². The zero-order chi connectivity index (χ0) is 20.6. The van der Waals surface area contributed by atoms with Crippen LogP contribution in [0, 0.1) is 0 Å². The van der Waals surface area contributed by atoms with Crippen LogP contribution in [0.2, 0.25) is 15.1 Å².